The quantitative estimate of drug-likeness (QED) is 0.773. The summed E-state index contributed by atoms with van der Waals surface area (Å²) in [5.41, 5.74) is 1.67. The molecule has 82 valence electrons. The molecule has 0 aliphatic rings. The molecule has 1 heterocycles. The van der Waals surface area contributed by atoms with E-state index < -0.39 is 0 Å². The van der Waals surface area contributed by atoms with Gasteiger partial charge in [0.2, 0.25) is 0 Å². The number of benzene rings is 1. The summed E-state index contributed by atoms with van der Waals surface area (Å²) in [6.07, 6.45) is 1.51. The van der Waals surface area contributed by atoms with Crippen LogP contribution in [0.2, 0.25) is 0 Å². The van der Waals surface area contributed by atoms with Crippen molar-refractivity contribution in [1.82, 2.24) is 9.97 Å². The van der Waals surface area contributed by atoms with E-state index in [4.69, 9.17) is 0 Å². The molecule has 2 aromatic rings. The van der Waals surface area contributed by atoms with Crippen LogP contribution >= 0.6 is 0 Å². The van der Waals surface area contributed by atoms with Crippen LogP contribution in [0.25, 0.3) is 11.3 Å². The van der Waals surface area contributed by atoms with Gasteiger partial charge in [-0.25, -0.2) is 14.4 Å². The number of halogens is 1. The molecule has 0 fully saturated rings. The third-order valence-electron chi connectivity index (χ3n) is 2.25. The molecule has 16 heavy (non-hydrogen) atoms. The number of hydrogen-bond acceptors (Lipinski definition) is 3. The van der Waals surface area contributed by atoms with Gasteiger partial charge in [0, 0.05) is 25.7 Å². The first-order valence-electron chi connectivity index (χ1n) is 4.92. The number of rotatable bonds is 2. The molecule has 0 saturated carbocycles. The third-order valence-corrected chi connectivity index (χ3v) is 2.25. The van der Waals surface area contributed by atoms with Gasteiger partial charge in [0.05, 0.1) is 5.69 Å². The lowest BCUT2D eigenvalue weighted by atomic mass is 10.1. The van der Waals surface area contributed by atoms with Gasteiger partial charge in [-0.1, -0.05) is 0 Å². The molecule has 1 aromatic heterocycles. The number of anilines is 1. The van der Waals surface area contributed by atoms with Gasteiger partial charge in [0.1, 0.15) is 18.0 Å². The molecule has 0 unspecified atom stereocenters. The lowest BCUT2D eigenvalue weighted by molar-refractivity contribution is 0.628. The van der Waals surface area contributed by atoms with Crippen LogP contribution in [0, 0.1) is 5.82 Å². The Hall–Kier alpha value is -1.97. The Morgan fingerprint density at radius 2 is 1.75 bits per heavy atom. The van der Waals surface area contributed by atoms with Gasteiger partial charge >= 0.3 is 0 Å². The van der Waals surface area contributed by atoms with E-state index >= 15 is 0 Å². The first-order chi connectivity index (χ1) is 7.66. The van der Waals surface area contributed by atoms with E-state index in [2.05, 4.69) is 9.97 Å². The first-order valence-corrected chi connectivity index (χ1v) is 4.92. The normalized spacial score (nSPS) is 10.2. The highest BCUT2D eigenvalue weighted by Gasteiger charge is 2.03. The number of nitrogens with zero attached hydrogens (tertiary/aromatic N) is 3. The minimum Gasteiger partial charge on any atom is -0.363 e. The molecule has 3 nitrogen and oxygen atoms in total. The van der Waals surface area contributed by atoms with Crippen molar-refractivity contribution in [2.45, 2.75) is 0 Å². The maximum Gasteiger partial charge on any atom is 0.132 e. The molecule has 4 heteroatoms. The molecule has 0 bridgehead atoms. The van der Waals surface area contributed by atoms with Crippen molar-refractivity contribution in [3.05, 3.63) is 42.5 Å². The second-order valence-electron chi connectivity index (χ2n) is 3.66. The van der Waals surface area contributed by atoms with E-state index in [1.165, 1.54) is 18.5 Å². The zero-order chi connectivity index (χ0) is 11.5. The molecule has 0 radical (unpaired) electrons. The van der Waals surface area contributed by atoms with E-state index in [1.807, 2.05) is 25.1 Å². The van der Waals surface area contributed by atoms with Crippen LogP contribution in [0.1, 0.15) is 0 Å². The summed E-state index contributed by atoms with van der Waals surface area (Å²) >= 11 is 0. The van der Waals surface area contributed by atoms with Gasteiger partial charge in [0.15, 0.2) is 0 Å². The Labute approximate surface area is 93.6 Å². The van der Waals surface area contributed by atoms with E-state index in [9.17, 15) is 4.39 Å². The van der Waals surface area contributed by atoms with E-state index in [-0.39, 0.29) is 5.82 Å². The summed E-state index contributed by atoms with van der Waals surface area (Å²) in [5.74, 6) is 0.583. The van der Waals surface area contributed by atoms with Crippen molar-refractivity contribution < 1.29 is 4.39 Å². The zero-order valence-corrected chi connectivity index (χ0v) is 9.18. The molecule has 0 aliphatic carbocycles. The molecule has 0 atom stereocenters. The van der Waals surface area contributed by atoms with Gasteiger partial charge in [-0.2, -0.15) is 0 Å². The fraction of sp³-hybridized carbons (Fsp3) is 0.167. The van der Waals surface area contributed by atoms with E-state index in [1.54, 1.807) is 12.1 Å². The van der Waals surface area contributed by atoms with Crippen molar-refractivity contribution in [3.63, 3.8) is 0 Å². The second-order valence-corrected chi connectivity index (χ2v) is 3.66. The maximum atomic E-state index is 12.8. The topological polar surface area (TPSA) is 29.0 Å². The van der Waals surface area contributed by atoms with Crippen LogP contribution in [-0.2, 0) is 0 Å². The minimum atomic E-state index is -0.245. The Kier molecular flexibility index (Phi) is 2.81. The Balaban J connectivity index is 2.40. The van der Waals surface area contributed by atoms with Crippen molar-refractivity contribution >= 4 is 5.82 Å². The molecule has 2 rings (SSSR count). The predicted octanol–water partition coefficient (Wildman–Crippen LogP) is 2.35. The summed E-state index contributed by atoms with van der Waals surface area (Å²) in [5, 5.41) is 0. The summed E-state index contributed by atoms with van der Waals surface area (Å²) in [6, 6.07) is 8.13. The molecule has 0 N–H and O–H groups in total. The van der Waals surface area contributed by atoms with Crippen molar-refractivity contribution in [3.8, 4) is 11.3 Å². The van der Waals surface area contributed by atoms with Gasteiger partial charge in [-0.15, -0.1) is 0 Å². The standard InChI is InChI=1S/C12H12FN3/c1-16(2)12-7-11(14-8-15-12)9-3-5-10(13)6-4-9/h3-8H,1-2H3. The molecule has 0 amide bonds. The highest BCUT2D eigenvalue weighted by atomic mass is 19.1. The van der Waals surface area contributed by atoms with Crippen LogP contribution in [0.4, 0.5) is 10.2 Å². The van der Waals surface area contributed by atoms with Gasteiger partial charge in [0.25, 0.3) is 0 Å². The smallest absolute Gasteiger partial charge is 0.132 e. The molecule has 1 aromatic carbocycles. The first kappa shape index (κ1) is 10.5. The Morgan fingerprint density at radius 3 is 2.38 bits per heavy atom. The summed E-state index contributed by atoms with van der Waals surface area (Å²) in [6.45, 7) is 0. The average Bonchev–Trinajstić information content (AvgIpc) is 2.30. The molecule has 0 aliphatic heterocycles. The zero-order valence-electron chi connectivity index (χ0n) is 9.18. The van der Waals surface area contributed by atoms with Gasteiger partial charge < -0.3 is 4.90 Å². The number of aromatic nitrogens is 2. The van der Waals surface area contributed by atoms with Crippen LogP contribution in [0.5, 0.6) is 0 Å². The largest absolute Gasteiger partial charge is 0.363 e. The summed E-state index contributed by atoms with van der Waals surface area (Å²) in [4.78, 5) is 10.2. The third kappa shape index (κ3) is 2.16. The minimum absolute atomic E-state index is 0.245. The van der Waals surface area contributed by atoms with Gasteiger partial charge in [-0.05, 0) is 24.3 Å². The SMILES string of the molecule is CN(C)c1cc(-c2ccc(F)cc2)ncn1. The van der Waals surface area contributed by atoms with Crippen LogP contribution in [0.3, 0.4) is 0 Å². The van der Waals surface area contributed by atoms with Crippen LogP contribution in [0.15, 0.2) is 36.7 Å². The maximum absolute atomic E-state index is 12.8. The molecule has 0 saturated heterocycles. The Bertz CT molecular complexity index is 480. The monoisotopic (exact) mass is 217 g/mol. The fourth-order valence-corrected chi connectivity index (χ4v) is 1.37. The van der Waals surface area contributed by atoms with Gasteiger partial charge in [-0.3, -0.25) is 0 Å². The second kappa shape index (κ2) is 4.26. The summed E-state index contributed by atoms with van der Waals surface area (Å²) in [7, 11) is 3.83. The molecular weight excluding hydrogens is 205 g/mol. The van der Waals surface area contributed by atoms with Crippen LogP contribution < -0.4 is 4.90 Å². The van der Waals surface area contributed by atoms with E-state index in [0.29, 0.717) is 0 Å². The highest BCUT2D eigenvalue weighted by Crippen LogP contribution is 2.19. The van der Waals surface area contributed by atoms with Crippen LogP contribution in [-0.4, -0.2) is 24.1 Å². The lowest BCUT2D eigenvalue weighted by Gasteiger charge is -2.11. The number of hydrogen-bond donors (Lipinski definition) is 0. The Morgan fingerprint density at radius 1 is 1.06 bits per heavy atom. The lowest BCUT2D eigenvalue weighted by Crippen LogP contribution is -2.10. The fourth-order valence-electron chi connectivity index (χ4n) is 1.37. The average molecular weight is 217 g/mol. The molecule has 0 spiro atoms. The van der Waals surface area contributed by atoms with Crippen molar-refractivity contribution in [2.75, 3.05) is 19.0 Å². The van der Waals surface area contributed by atoms with Crippen molar-refractivity contribution in [2.24, 2.45) is 0 Å². The molecular formula is C12H12FN3. The highest BCUT2D eigenvalue weighted by molar-refractivity contribution is 5.62. The summed E-state index contributed by atoms with van der Waals surface area (Å²) < 4.78 is 12.8. The van der Waals surface area contributed by atoms with Crippen molar-refractivity contribution in [1.29, 1.82) is 0 Å². The predicted molar refractivity (Wildman–Crippen MR) is 61.8 cm³/mol. The van der Waals surface area contributed by atoms with E-state index in [0.717, 1.165) is 17.1 Å².